The van der Waals surface area contributed by atoms with E-state index >= 15 is 0 Å². The summed E-state index contributed by atoms with van der Waals surface area (Å²) in [7, 11) is 0. The van der Waals surface area contributed by atoms with Crippen LogP contribution in [-0.4, -0.2) is 56.7 Å². The van der Waals surface area contributed by atoms with Crippen molar-refractivity contribution < 1.29 is 4.79 Å². The zero-order valence-corrected chi connectivity index (χ0v) is 17.9. The topological polar surface area (TPSA) is 67.2 Å². The SMILES string of the molecule is CCCCC(=O)N1CCN(c2nc(CCC)nc3c2cnn3-c2ccccc2)CC1. The highest BCUT2D eigenvalue weighted by Crippen LogP contribution is 2.27. The molecule has 3 aromatic rings. The van der Waals surface area contributed by atoms with Crippen LogP contribution < -0.4 is 4.90 Å². The number of nitrogens with zero attached hydrogens (tertiary/aromatic N) is 6. The van der Waals surface area contributed by atoms with Crippen molar-refractivity contribution in [1.82, 2.24) is 24.6 Å². The minimum Gasteiger partial charge on any atom is -0.352 e. The molecule has 2 aromatic heterocycles. The molecule has 4 rings (SSSR count). The summed E-state index contributed by atoms with van der Waals surface area (Å²) in [6.45, 7) is 7.31. The van der Waals surface area contributed by atoms with Gasteiger partial charge in [0, 0.05) is 39.0 Å². The van der Waals surface area contributed by atoms with E-state index in [1.165, 1.54) is 0 Å². The molecule has 0 N–H and O–H groups in total. The van der Waals surface area contributed by atoms with Crippen molar-refractivity contribution >= 4 is 22.8 Å². The van der Waals surface area contributed by atoms with E-state index in [1.54, 1.807) is 0 Å². The highest BCUT2D eigenvalue weighted by molar-refractivity contribution is 5.88. The average molecular weight is 407 g/mol. The molecule has 1 aromatic carbocycles. The van der Waals surface area contributed by atoms with Gasteiger partial charge >= 0.3 is 0 Å². The lowest BCUT2D eigenvalue weighted by molar-refractivity contribution is -0.131. The van der Waals surface area contributed by atoms with Gasteiger partial charge in [0.1, 0.15) is 11.6 Å². The molecule has 7 heteroatoms. The number of piperazine rings is 1. The highest BCUT2D eigenvalue weighted by Gasteiger charge is 2.24. The maximum Gasteiger partial charge on any atom is 0.222 e. The Kier molecular flexibility index (Phi) is 6.26. The summed E-state index contributed by atoms with van der Waals surface area (Å²) in [5.74, 6) is 2.05. The largest absolute Gasteiger partial charge is 0.352 e. The standard InChI is InChI=1S/C23H30N6O/c1-3-5-12-21(30)27-13-15-28(16-14-27)22-19-17-24-29(18-10-7-6-8-11-18)23(19)26-20(25-22)9-4-2/h6-8,10-11,17H,3-5,9,12-16H2,1-2H3. The Labute approximate surface area is 177 Å². The first-order valence-electron chi connectivity index (χ1n) is 11.0. The van der Waals surface area contributed by atoms with Crippen molar-refractivity contribution in [2.75, 3.05) is 31.1 Å². The second-order valence-corrected chi connectivity index (χ2v) is 7.81. The molecule has 1 aliphatic heterocycles. The summed E-state index contributed by atoms with van der Waals surface area (Å²) in [5, 5.41) is 5.58. The smallest absolute Gasteiger partial charge is 0.222 e. The number of benzene rings is 1. The van der Waals surface area contributed by atoms with E-state index in [1.807, 2.05) is 46.1 Å². The quantitative estimate of drug-likeness (QED) is 0.600. The van der Waals surface area contributed by atoms with Gasteiger partial charge in [-0.1, -0.05) is 38.5 Å². The molecule has 7 nitrogen and oxygen atoms in total. The van der Waals surface area contributed by atoms with Crippen LogP contribution in [0, 0.1) is 0 Å². The van der Waals surface area contributed by atoms with Gasteiger partial charge in [-0.15, -0.1) is 0 Å². The predicted octanol–water partition coefficient (Wildman–Crippen LogP) is 3.61. The Bertz CT molecular complexity index is 992. The molecule has 0 unspecified atom stereocenters. The number of aryl methyl sites for hydroxylation is 1. The zero-order valence-electron chi connectivity index (χ0n) is 17.9. The molecular weight excluding hydrogens is 376 g/mol. The molecule has 1 fully saturated rings. The Balaban J connectivity index is 1.63. The molecule has 0 saturated carbocycles. The third-order valence-corrected chi connectivity index (χ3v) is 5.61. The number of carbonyl (C=O) groups excluding carboxylic acids is 1. The molecule has 0 spiro atoms. The minimum atomic E-state index is 0.271. The van der Waals surface area contributed by atoms with Gasteiger partial charge in [0.15, 0.2) is 5.65 Å². The second-order valence-electron chi connectivity index (χ2n) is 7.81. The first-order valence-corrected chi connectivity index (χ1v) is 11.0. The van der Waals surface area contributed by atoms with Gasteiger partial charge in [-0.05, 0) is 25.0 Å². The first-order chi connectivity index (χ1) is 14.7. The molecule has 0 radical (unpaired) electrons. The van der Waals surface area contributed by atoms with Crippen LogP contribution in [0.2, 0.25) is 0 Å². The van der Waals surface area contributed by atoms with Gasteiger partial charge in [-0.2, -0.15) is 5.10 Å². The fourth-order valence-corrected chi connectivity index (χ4v) is 3.93. The van der Waals surface area contributed by atoms with Crippen molar-refractivity contribution in [3.63, 3.8) is 0 Å². The number of para-hydroxylation sites is 1. The van der Waals surface area contributed by atoms with Crippen molar-refractivity contribution in [3.8, 4) is 5.69 Å². The molecule has 0 bridgehead atoms. The summed E-state index contributed by atoms with van der Waals surface area (Å²) in [6, 6.07) is 10.1. The normalized spacial score (nSPS) is 14.5. The van der Waals surface area contributed by atoms with Gasteiger partial charge in [0.05, 0.1) is 17.3 Å². The van der Waals surface area contributed by atoms with Gasteiger partial charge in [0.25, 0.3) is 0 Å². The molecule has 158 valence electrons. The van der Waals surface area contributed by atoms with Crippen molar-refractivity contribution in [3.05, 3.63) is 42.4 Å². The summed E-state index contributed by atoms with van der Waals surface area (Å²) in [5.41, 5.74) is 1.84. The van der Waals surface area contributed by atoms with E-state index < -0.39 is 0 Å². The van der Waals surface area contributed by atoms with Crippen LogP contribution in [0.4, 0.5) is 5.82 Å². The lowest BCUT2D eigenvalue weighted by atomic mass is 10.2. The Hall–Kier alpha value is -2.96. The van der Waals surface area contributed by atoms with E-state index in [9.17, 15) is 4.79 Å². The molecule has 3 heterocycles. The lowest BCUT2D eigenvalue weighted by Crippen LogP contribution is -2.49. The number of carbonyl (C=O) groups is 1. The highest BCUT2D eigenvalue weighted by atomic mass is 16.2. The fourth-order valence-electron chi connectivity index (χ4n) is 3.93. The van der Waals surface area contributed by atoms with Crippen LogP contribution in [0.3, 0.4) is 0 Å². The van der Waals surface area contributed by atoms with Gasteiger partial charge < -0.3 is 9.80 Å². The van der Waals surface area contributed by atoms with Crippen LogP contribution in [0.1, 0.15) is 45.4 Å². The van der Waals surface area contributed by atoms with Crippen molar-refractivity contribution in [2.24, 2.45) is 0 Å². The maximum atomic E-state index is 12.4. The monoisotopic (exact) mass is 406 g/mol. The lowest BCUT2D eigenvalue weighted by Gasteiger charge is -2.35. The third-order valence-electron chi connectivity index (χ3n) is 5.61. The number of amides is 1. The summed E-state index contributed by atoms with van der Waals surface area (Å²) in [6.07, 6.45) is 6.36. The second kappa shape index (κ2) is 9.24. The van der Waals surface area contributed by atoms with Gasteiger partial charge in [-0.3, -0.25) is 4.79 Å². The number of hydrogen-bond acceptors (Lipinski definition) is 5. The van der Waals surface area contributed by atoms with Crippen LogP contribution >= 0.6 is 0 Å². The zero-order chi connectivity index (χ0) is 20.9. The van der Waals surface area contributed by atoms with Crippen LogP contribution in [0.25, 0.3) is 16.7 Å². The predicted molar refractivity (Wildman–Crippen MR) is 119 cm³/mol. The van der Waals surface area contributed by atoms with E-state index in [-0.39, 0.29) is 5.91 Å². The Morgan fingerprint density at radius 1 is 1.00 bits per heavy atom. The number of unbranched alkanes of at least 4 members (excludes halogenated alkanes) is 1. The fraction of sp³-hybridized carbons (Fsp3) is 0.478. The molecule has 0 aliphatic carbocycles. The van der Waals surface area contributed by atoms with E-state index in [0.717, 1.165) is 80.2 Å². The Morgan fingerprint density at radius 2 is 1.77 bits per heavy atom. The average Bonchev–Trinajstić information content (AvgIpc) is 3.22. The van der Waals surface area contributed by atoms with E-state index in [0.29, 0.717) is 6.42 Å². The number of anilines is 1. The van der Waals surface area contributed by atoms with E-state index in [4.69, 9.17) is 9.97 Å². The summed E-state index contributed by atoms with van der Waals surface area (Å²) >= 11 is 0. The minimum absolute atomic E-state index is 0.271. The number of hydrogen-bond donors (Lipinski definition) is 0. The molecular formula is C23H30N6O. The third kappa shape index (κ3) is 4.15. The van der Waals surface area contributed by atoms with Crippen molar-refractivity contribution in [2.45, 2.75) is 46.0 Å². The number of aromatic nitrogens is 4. The van der Waals surface area contributed by atoms with Crippen molar-refractivity contribution in [1.29, 1.82) is 0 Å². The molecule has 1 amide bonds. The van der Waals surface area contributed by atoms with Gasteiger partial charge in [0.2, 0.25) is 5.91 Å². The van der Waals surface area contributed by atoms with E-state index in [2.05, 4.69) is 23.8 Å². The number of fused-ring (bicyclic) bond motifs is 1. The molecule has 1 saturated heterocycles. The number of rotatable bonds is 7. The van der Waals surface area contributed by atoms with Gasteiger partial charge in [-0.25, -0.2) is 14.6 Å². The molecule has 1 aliphatic rings. The summed E-state index contributed by atoms with van der Waals surface area (Å²) < 4.78 is 1.89. The Morgan fingerprint density at radius 3 is 2.47 bits per heavy atom. The molecule has 30 heavy (non-hydrogen) atoms. The summed E-state index contributed by atoms with van der Waals surface area (Å²) in [4.78, 5) is 26.4. The first kappa shape index (κ1) is 20.3. The van der Waals surface area contributed by atoms with Crippen LogP contribution in [-0.2, 0) is 11.2 Å². The maximum absolute atomic E-state index is 12.4. The van der Waals surface area contributed by atoms with Crippen LogP contribution in [0.15, 0.2) is 36.5 Å². The molecule has 0 atom stereocenters. The van der Waals surface area contributed by atoms with Crippen LogP contribution in [0.5, 0.6) is 0 Å².